The first-order valence-corrected chi connectivity index (χ1v) is 6.55. The molecular weight excluding hydrogens is 294 g/mol. The number of rotatable bonds is 4. The molecule has 0 atom stereocenters. The summed E-state index contributed by atoms with van der Waals surface area (Å²) in [6.45, 7) is 2.61. The molecule has 0 saturated heterocycles. The van der Waals surface area contributed by atoms with Gasteiger partial charge in [0.2, 0.25) is 0 Å². The fourth-order valence-corrected chi connectivity index (χ4v) is 2.64. The van der Waals surface area contributed by atoms with Crippen molar-refractivity contribution >= 4 is 15.9 Å². The first-order chi connectivity index (χ1) is 8.67. The number of halogens is 1. The molecule has 2 rings (SSSR count). The van der Waals surface area contributed by atoms with Crippen molar-refractivity contribution in [3.63, 3.8) is 0 Å². The summed E-state index contributed by atoms with van der Waals surface area (Å²) in [4.78, 5) is 0. The van der Waals surface area contributed by atoms with E-state index in [4.69, 9.17) is 10.5 Å². The molecule has 5 heteroatoms. The topological polar surface area (TPSA) is 53.1 Å². The number of ether oxygens (including phenoxy) is 1. The summed E-state index contributed by atoms with van der Waals surface area (Å²) >= 11 is 3.59. The van der Waals surface area contributed by atoms with Crippen LogP contribution < -0.4 is 10.5 Å². The number of nitrogens with two attached hydrogens (primary N) is 1. The van der Waals surface area contributed by atoms with Gasteiger partial charge in [-0.2, -0.15) is 5.10 Å². The molecule has 1 heterocycles. The molecule has 0 radical (unpaired) electrons. The quantitative estimate of drug-likeness (QED) is 0.944. The lowest BCUT2D eigenvalue weighted by atomic mass is 10.2. The van der Waals surface area contributed by atoms with Crippen LogP contribution in [0.3, 0.4) is 0 Å². The number of methoxy groups -OCH3 is 1. The van der Waals surface area contributed by atoms with Crippen LogP contribution in [0.1, 0.15) is 11.3 Å². The summed E-state index contributed by atoms with van der Waals surface area (Å²) in [5, 5.41) is 4.53. The fourth-order valence-electron chi connectivity index (χ4n) is 1.87. The van der Waals surface area contributed by atoms with E-state index in [-0.39, 0.29) is 0 Å². The van der Waals surface area contributed by atoms with Crippen molar-refractivity contribution in [2.45, 2.75) is 13.3 Å². The Kier molecular flexibility index (Phi) is 4.04. The summed E-state index contributed by atoms with van der Waals surface area (Å²) in [5.41, 5.74) is 8.73. The van der Waals surface area contributed by atoms with Crippen LogP contribution in [0, 0.1) is 6.92 Å². The largest absolute Gasteiger partial charge is 0.497 e. The van der Waals surface area contributed by atoms with Gasteiger partial charge in [0, 0.05) is 11.6 Å². The molecule has 18 heavy (non-hydrogen) atoms. The number of aromatic nitrogens is 2. The number of nitrogens with zero attached hydrogens (tertiary/aromatic N) is 2. The zero-order valence-corrected chi connectivity index (χ0v) is 12.1. The number of hydrogen-bond donors (Lipinski definition) is 1. The first kappa shape index (κ1) is 13.1. The molecule has 2 N–H and O–H groups in total. The molecule has 0 aliphatic carbocycles. The van der Waals surface area contributed by atoms with Crippen molar-refractivity contribution in [3.05, 3.63) is 40.1 Å². The normalized spacial score (nSPS) is 10.7. The van der Waals surface area contributed by atoms with Gasteiger partial charge in [0.15, 0.2) is 0 Å². The molecule has 1 aromatic carbocycles. The highest BCUT2D eigenvalue weighted by molar-refractivity contribution is 9.10. The average molecular weight is 310 g/mol. The van der Waals surface area contributed by atoms with Crippen molar-refractivity contribution in [1.29, 1.82) is 0 Å². The van der Waals surface area contributed by atoms with Crippen LogP contribution in [0.15, 0.2) is 28.9 Å². The van der Waals surface area contributed by atoms with E-state index >= 15 is 0 Å². The predicted octanol–water partition coefficient (Wildman–Crippen LogP) is 2.45. The summed E-state index contributed by atoms with van der Waals surface area (Å²) in [7, 11) is 1.66. The Hall–Kier alpha value is -1.33. The lowest BCUT2D eigenvalue weighted by Gasteiger charge is -2.06. The number of benzene rings is 1. The van der Waals surface area contributed by atoms with E-state index in [1.165, 1.54) is 0 Å². The molecule has 0 amide bonds. The molecule has 1 aromatic heterocycles. The van der Waals surface area contributed by atoms with Gasteiger partial charge in [-0.3, -0.25) is 0 Å². The Morgan fingerprint density at radius 1 is 1.44 bits per heavy atom. The van der Waals surface area contributed by atoms with E-state index in [2.05, 4.69) is 21.0 Å². The van der Waals surface area contributed by atoms with Crippen LogP contribution in [-0.4, -0.2) is 23.4 Å². The van der Waals surface area contributed by atoms with Gasteiger partial charge in [0.1, 0.15) is 10.4 Å². The minimum absolute atomic E-state index is 0.614. The molecule has 2 aromatic rings. The van der Waals surface area contributed by atoms with Gasteiger partial charge in [-0.1, -0.05) is 6.07 Å². The molecule has 0 spiro atoms. The second-order valence-electron chi connectivity index (χ2n) is 4.01. The number of hydrogen-bond acceptors (Lipinski definition) is 3. The Bertz CT molecular complexity index is 551. The van der Waals surface area contributed by atoms with Crippen LogP contribution in [0.5, 0.6) is 5.75 Å². The molecular formula is C13H16BrN3O. The second kappa shape index (κ2) is 5.54. The predicted molar refractivity (Wildman–Crippen MR) is 75.3 cm³/mol. The zero-order chi connectivity index (χ0) is 13.1. The maximum atomic E-state index is 5.61. The van der Waals surface area contributed by atoms with Gasteiger partial charge < -0.3 is 10.5 Å². The van der Waals surface area contributed by atoms with E-state index in [0.29, 0.717) is 6.54 Å². The van der Waals surface area contributed by atoms with E-state index in [0.717, 1.165) is 33.7 Å². The smallest absolute Gasteiger partial charge is 0.121 e. The third-order valence-corrected chi connectivity index (χ3v) is 3.63. The highest BCUT2D eigenvalue weighted by atomic mass is 79.9. The van der Waals surface area contributed by atoms with Crippen molar-refractivity contribution in [2.24, 2.45) is 5.73 Å². The van der Waals surface area contributed by atoms with E-state index in [1.54, 1.807) is 7.11 Å². The van der Waals surface area contributed by atoms with E-state index in [9.17, 15) is 0 Å². The summed E-state index contributed by atoms with van der Waals surface area (Å²) in [6.07, 6.45) is 0.816. The molecule has 4 nitrogen and oxygen atoms in total. The molecule has 0 fully saturated rings. The average Bonchev–Trinajstić information content (AvgIpc) is 2.67. The summed E-state index contributed by atoms with van der Waals surface area (Å²) in [6, 6.07) is 7.80. The standard InChI is InChI=1S/C13H16BrN3O/c1-9-12(6-7-15)13(14)17(16-9)10-4-3-5-11(8-10)18-2/h3-5,8H,6-7,15H2,1-2H3. The Morgan fingerprint density at radius 3 is 2.89 bits per heavy atom. The molecule has 0 saturated carbocycles. The van der Waals surface area contributed by atoms with Crippen LogP contribution in [0.25, 0.3) is 5.69 Å². The molecule has 0 aliphatic rings. The van der Waals surface area contributed by atoms with Gasteiger partial charge >= 0.3 is 0 Å². The Balaban J connectivity index is 2.47. The van der Waals surface area contributed by atoms with Crippen LogP contribution >= 0.6 is 15.9 Å². The maximum absolute atomic E-state index is 5.61. The van der Waals surface area contributed by atoms with E-state index in [1.807, 2.05) is 35.9 Å². The highest BCUT2D eigenvalue weighted by Crippen LogP contribution is 2.25. The minimum atomic E-state index is 0.614. The molecule has 0 aliphatic heterocycles. The van der Waals surface area contributed by atoms with Gasteiger partial charge in [-0.15, -0.1) is 0 Å². The Morgan fingerprint density at radius 2 is 2.22 bits per heavy atom. The van der Waals surface area contributed by atoms with Gasteiger partial charge in [0.05, 0.1) is 18.5 Å². The van der Waals surface area contributed by atoms with Crippen LogP contribution in [0.4, 0.5) is 0 Å². The zero-order valence-electron chi connectivity index (χ0n) is 10.5. The Labute approximate surface area is 115 Å². The second-order valence-corrected chi connectivity index (χ2v) is 4.76. The monoisotopic (exact) mass is 309 g/mol. The van der Waals surface area contributed by atoms with Gasteiger partial charge in [-0.05, 0) is 48.0 Å². The summed E-state index contributed by atoms with van der Waals surface area (Å²) < 4.78 is 8.05. The molecule has 0 bridgehead atoms. The molecule has 0 unspecified atom stereocenters. The maximum Gasteiger partial charge on any atom is 0.121 e. The third-order valence-electron chi connectivity index (χ3n) is 2.81. The fraction of sp³-hybridized carbons (Fsp3) is 0.308. The van der Waals surface area contributed by atoms with Crippen molar-refractivity contribution < 1.29 is 4.74 Å². The van der Waals surface area contributed by atoms with E-state index < -0.39 is 0 Å². The van der Waals surface area contributed by atoms with Crippen molar-refractivity contribution in [1.82, 2.24) is 9.78 Å². The first-order valence-electron chi connectivity index (χ1n) is 5.76. The van der Waals surface area contributed by atoms with Crippen LogP contribution in [-0.2, 0) is 6.42 Å². The van der Waals surface area contributed by atoms with Crippen molar-refractivity contribution in [3.8, 4) is 11.4 Å². The minimum Gasteiger partial charge on any atom is -0.497 e. The lowest BCUT2D eigenvalue weighted by Crippen LogP contribution is -2.03. The summed E-state index contributed by atoms with van der Waals surface area (Å²) in [5.74, 6) is 0.813. The van der Waals surface area contributed by atoms with Gasteiger partial charge in [-0.25, -0.2) is 4.68 Å². The third kappa shape index (κ3) is 2.42. The SMILES string of the molecule is COc1cccc(-n2nc(C)c(CCN)c2Br)c1. The van der Waals surface area contributed by atoms with Crippen molar-refractivity contribution in [2.75, 3.05) is 13.7 Å². The molecule has 96 valence electrons. The highest BCUT2D eigenvalue weighted by Gasteiger charge is 2.13. The van der Waals surface area contributed by atoms with Gasteiger partial charge in [0.25, 0.3) is 0 Å². The number of aryl methyl sites for hydroxylation is 1. The lowest BCUT2D eigenvalue weighted by molar-refractivity contribution is 0.414. The van der Waals surface area contributed by atoms with Crippen LogP contribution in [0.2, 0.25) is 0 Å².